The summed E-state index contributed by atoms with van der Waals surface area (Å²) in [6, 6.07) is 5.42. The van der Waals surface area contributed by atoms with Crippen molar-refractivity contribution in [3.8, 4) is 0 Å². The van der Waals surface area contributed by atoms with Gasteiger partial charge in [0.1, 0.15) is 6.54 Å². The smallest absolute Gasteiger partial charge is 0.242 e. The topological polar surface area (TPSA) is 66.6 Å². The second-order valence-corrected chi connectivity index (χ2v) is 5.58. The highest BCUT2D eigenvalue weighted by Gasteiger charge is 2.27. The van der Waals surface area contributed by atoms with E-state index in [2.05, 4.69) is 0 Å². The Balaban J connectivity index is 2.24. The minimum Gasteiger partial charge on any atom is -0.399 e. The van der Waals surface area contributed by atoms with E-state index in [-0.39, 0.29) is 18.4 Å². The molecule has 2 rings (SSSR count). The number of thioether (sulfide) groups is 1. The SMILES string of the molecule is CCN(CC)C(=O)CN1C(=O)CSc2cc(N)ccc21. The first-order valence-electron chi connectivity index (χ1n) is 6.67. The second kappa shape index (κ2) is 6.17. The van der Waals surface area contributed by atoms with Gasteiger partial charge in [-0.25, -0.2) is 0 Å². The summed E-state index contributed by atoms with van der Waals surface area (Å²) in [5.74, 6) is 0.285. The number of hydrogen-bond donors (Lipinski definition) is 1. The van der Waals surface area contributed by atoms with E-state index in [1.807, 2.05) is 26.0 Å². The van der Waals surface area contributed by atoms with Gasteiger partial charge in [-0.05, 0) is 32.0 Å². The lowest BCUT2D eigenvalue weighted by molar-refractivity contribution is -0.130. The summed E-state index contributed by atoms with van der Waals surface area (Å²) in [7, 11) is 0. The monoisotopic (exact) mass is 293 g/mol. The van der Waals surface area contributed by atoms with Crippen LogP contribution >= 0.6 is 11.8 Å². The first-order valence-corrected chi connectivity index (χ1v) is 7.65. The molecule has 0 aromatic heterocycles. The van der Waals surface area contributed by atoms with Crippen molar-refractivity contribution in [3.63, 3.8) is 0 Å². The Labute approximate surface area is 123 Å². The standard InChI is InChI=1S/C14H19N3O2S/c1-3-16(4-2)13(18)8-17-11-6-5-10(15)7-12(11)20-9-14(17)19/h5-7H,3-4,8-9,15H2,1-2H3. The molecule has 2 N–H and O–H groups in total. The van der Waals surface area contributed by atoms with Crippen LogP contribution < -0.4 is 10.6 Å². The third-order valence-corrected chi connectivity index (χ3v) is 4.37. The van der Waals surface area contributed by atoms with Crippen LogP contribution in [0.15, 0.2) is 23.1 Å². The van der Waals surface area contributed by atoms with Crippen LogP contribution in [0.1, 0.15) is 13.8 Å². The Morgan fingerprint density at radius 1 is 1.40 bits per heavy atom. The Bertz CT molecular complexity index is 529. The summed E-state index contributed by atoms with van der Waals surface area (Å²) in [4.78, 5) is 28.5. The first kappa shape index (κ1) is 14.7. The number of fused-ring (bicyclic) bond motifs is 1. The van der Waals surface area contributed by atoms with Gasteiger partial charge in [0.2, 0.25) is 11.8 Å². The average molecular weight is 293 g/mol. The van der Waals surface area contributed by atoms with Gasteiger partial charge in [-0.3, -0.25) is 9.59 Å². The number of likely N-dealkylation sites (N-methyl/N-ethyl adjacent to an activating group) is 1. The lowest BCUT2D eigenvalue weighted by atomic mass is 10.2. The molecule has 1 aromatic carbocycles. The molecule has 1 heterocycles. The number of nitrogens with two attached hydrogens (primary N) is 1. The van der Waals surface area contributed by atoms with Crippen molar-refractivity contribution in [2.45, 2.75) is 18.7 Å². The predicted octanol–water partition coefficient (Wildman–Crippen LogP) is 1.58. The van der Waals surface area contributed by atoms with Crippen molar-refractivity contribution in [3.05, 3.63) is 18.2 Å². The summed E-state index contributed by atoms with van der Waals surface area (Å²) in [6.45, 7) is 5.27. The van der Waals surface area contributed by atoms with Gasteiger partial charge in [-0.1, -0.05) is 0 Å². The van der Waals surface area contributed by atoms with Gasteiger partial charge >= 0.3 is 0 Å². The van der Waals surface area contributed by atoms with Crippen LogP contribution in [0.3, 0.4) is 0 Å². The predicted molar refractivity (Wildman–Crippen MR) is 81.9 cm³/mol. The number of hydrogen-bond acceptors (Lipinski definition) is 4. The maximum atomic E-state index is 12.2. The summed E-state index contributed by atoms with van der Waals surface area (Å²) in [5, 5.41) is 0. The fourth-order valence-electron chi connectivity index (χ4n) is 2.21. The highest BCUT2D eigenvalue weighted by atomic mass is 32.2. The Morgan fingerprint density at radius 2 is 2.10 bits per heavy atom. The van der Waals surface area contributed by atoms with Gasteiger partial charge in [0.25, 0.3) is 0 Å². The fourth-order valence-corrected chi connectivity index (χ4v) is 3.19. The molecule has 0 saturated heterocycles. The molecular formula is C14H19N3O2S. The van der Waals surface area contributed by atoms with Crippen LogP contribution in [0.25, 0.3) is 0 Å². The summed E-state index contributed by atoms with van der Waals surface area (Å²) in [6.07, 6.45) is 0. The van der Waals surface area contributed by atoms with E-state index in [1.165, 1.54) is 11.8 Å². The molecule has 0 radical (unpaired) electrons. The van der Waals surface area contributed by atoms with Crippen molar-refractivity contribution >= 4 is 35.0 Å². The lowest BCUT2D eigenvalue weighted by Crippen LogP contribution is -2.44. The van der Waals surface area contributed by atoms with Gasteiger partial charge in [0, 0.05) is 23.7 Å². The van der Waals surface area contributed by atoms with Crippen LogP contribution in [0.5, 0.6) is 0 Å². The van der Waals surface area contributed by atoms with E-state index in [1.54, 1.807) is 15.9 Å². The van der Waals surface area contributed by atoms with Crippen molar-refractivity contribution in [1.82, 2.24) is 4.90 Å². The van der Waals surface area contributed by atoms with Gasteiger partial charge in [-0.15, -0.1) is 11.8 Å². The normalized spacial score (nSPS) is 14.1. The summed E-state index contributed by atoms with van der Waals surface area (Å²) >= 11 is 1.47. The Morgan fingerprint density at radius 3 is 2.75 bits per heavy atom. The molecule has 0 saturated carbocycles. The zero-order valence-corrected chi connectivity index (χ0v) is 12.6. The number of carbonyl (C=O) groups is 2. The van der Waals surface area contributed by atoms with Crippen molar-refractivity contribution in [1.29, 1.82) is 0 Å². The number of benzene rings is 1. The molecule has 0 atom stereocenters. The quantitative estimate of drug-likeness (QED) is 0.856. The largest absolute Gasteiger partial charge is 0.399 e. The molecule has 2 amide bonds. The average Bonchev–Trinajstić information content (AvgIpc) is 2.43. The molecule has 0 unspecified atom stereocenters. The van der Waals surface area contributed by atoms with Crippen LogP contribution in [-0.2, 0) is 9.59 Å². The third-order valence-electron chi connectivity index (χ3n) is 3.34. The molecule has 1 aliphatic heterocycles. The highest BCUT2D eigenvalue weighted by Crippen LogP contribution is 2.36. The van der Waals surface area contributed by atoms with E-state index in [4.69, 9.17) is 5.73 Å². The number of rotatable bonds is 4. The number of nitrogens with zero attached hydrogens (tertiary/aromatic N) is 2. The maximum absolute atomic E-state index is 12.2. The number of anilines is 2. The van der Waals surface area contributed by atoms with Crippen molar-refractivity contribution < 1.29 is 9.59 Å². The molecule has 0 fully saturated rings. The van der Waals surface area contributed by atoms with Gasteiger partial charge < -0.3 is 15.5 Å². The molecule has 0 bridgehead atoms. The highest BCUT2D eigenvalue weighted by molar-refractivity contribution is 8.00. The molecule has 0 aliphatic carbocycles. The third kappa shape index (κ3) is 2.90. The molecule has 5 nitrogen and oxygen atoms in total. The minimum absolute atomic E-state index is 0.0296. The Hall–Kier alpha value is -1.69. The van der Waals surface area contributed by atoms with Crippen molar-refractivity contribution in [2.24, 2.45) is 0 Å². The number of nitrogen functional groups attached to an aromatic ring is 1. The fraction of sp³-hybridized carbons (Fsp3) is 0.429. The molecular weight excluding hydrogens is 274 g/mol. The molecule has 1 aromatic rings. The van der Waals surface area contributed by atoms with Gasteiger partial charge in [-0.2, -0.15) is 0 Å². The molecule has 20 heavy (non-hydrogen) atoms. The number of carbonyl (C=O) groups excluding carboxylic acids is 2. The van der Waals surface area contributed by atoms with E-state index >= 15 is 0 Å². The van der Waals surface area contributed by atoms with Crippen molar-refractivity contribution in [2.75, 3.05) is 36.0 Å². The van der Waals surface area contributed by atoms with Crippen LogP contribution in [0.4, 0.5) is 11.4 Å². The Kier molecular flexibility index (Phi) is 4.54. The zero-order valence-electron chi connectivity index (χ0n) is 11.8. The number of amides is 2. The van der Waals surface area contributed by atoms with Gasteiger partial charge in [0.15, 0.2) is 0 Å². The molecule has 1 aliphatic rings. The van der Waals surface area contributed by atoms with Gasteiger partial charge in [0.05, 0.1) is 11.4 Å². The van der Waals surface area contributed by atoms with Crippen LogP contribution in [0.2, 0.25) is 0 Å². The summed E-state index contributed by atoms with van der Waals surface area (Å²) < 4.78 is 0. The molecule has 6 heteroatoms. The summed E-state index contributed by atoms with van der Waals surface area (Å²) in [5.41, 5.74) is 7.21. The van der Waals surface area contributed by atoms with Crippen LogP contribution in [-0.4, -0.2) is 42.1 Å². The zero-order chi connectivity index (χ0) is 14.7. The van der Waals surface area contributed by atoms with E-state index < -0.39 is 0 Å². The first-order chi connectivity index (χ1) is 9.56. The lowest BCUT2D eigenvalue weighted by Gasteiger charge is -2.30. The van der Waals surface area contributed by atoms with E-state index in [0.29, 0.717) is 24.5 Å². The molecule has 108 valence electrons. The van der Waals surface area contributed by atoms with E-state index in [9.17, 15) is 9.59 Å². The van der Waals surface area contributed by atoms with E-state index in [0.717, 1.165) is 10.6 Å². The molecule has 0 spiro atoms. The second-order valence-electron chi connectivity index (χ2n) is 4.56. The van der Waals surface area contributed by atoms with Crippen LogP contribution in [0, 0.1) is 0 Å². The maximum Gasteiger partial charge on any atom is 0.242 e. The minimum atomic E-state index is -0.0345.